The largest absolute Gasteiger partial charge is 0.290 e. The highest BCUT2D eigenvalue weighted by molar-refractivity contribution is 7.99. The van der Waals surface area contributed by atoms with Crippen molar-refractivity contribution in [2.24, 2.45) is 0 Å². The van der Waals surface area contributed by atoms with E-state index in [2.05, 4.69) is 18.6 Å². The molecule has 0 spiro atoms. The van der Waals surface area contributed by atoms with Gasteiger partial charge >= 0.3 is 0 Å². The van der Waals surface area contributed by atoms with Gasteiger partial charge in [-0.05, 0) is 74.3 Å². The van der Waals surface area contributed by atoms with E-state index < -0.39 is 0 Å². The second-order valence-electron chi connectivity index (χ2n) is 6.79. The van der Waals surface area contributed by atoms with Crippen molar-refractivity contribution >= 4 is 35.1 Å². The fourth-order valence-electron chi connectivity index (χ4n) is 3.54. The van der Waals surface area contributed by atoms with E-state index in [1.54, 1.807) is 0 Å². The summed E-state index contributed by atoms with van der Waals surface area (Å²) in [4.78, 5) is 24.9. The molecule has 138 valence electrons. The van der Waals surface area contributed by atoms with Crippen molar-refractivity contribution in [3.63, 3.8) is 0 Å². The first-order chi connectivity index (χ1) is 12.2. The second kappa shape index (κ2) is 11.1. The van der Waals surface area contributed by atoms with Crippen molar-refractivity contribution in [1.29, 1.82) is 0 Å². The Morgan fingerprint density at radius 2 is 1.88 bits per heavy atom. The topological polar surface area (TPSA) is 34.1 Å². The molecule has 1 atom stereocenters. The molecule has 1 aromatic rings. The zero-order chi connectivity index (χ0) is 18.1. The lowest BCUT2D eigenvalue weighted by Gasteiger charge is -2.18. The molecule has 1 aromatic carbocycles. The summed E-state index contributed by atoms with van der Waals surface area (Å²) in [7, 11) is 0. The first-order valence-corrected chi connectivity index (χ1v) is 12.1. The molecule has 2 rings (SSSR count). The van der Waals surface area contributed by atoms with Crippen molar-refractivity contribution in [1.82, 2.24) is 0 Å². The standard InChI is InChI=1S/C21H30O2S2/c1-24-15-14-17(25-2)10-4-6-13-20(22)21(23)19-12-7-9-16-8-3-5-11-18(16)19/h7,9,12,17H,3-6,8,10-11,13-15H2,1-2H3. The van der Waals surface area contributed by atoms with Crippen LogP contribution >= 0.6 is 23.5 Å². The number of hydrogen-bond donors (Lipinski definition) is 0. The normalized spacial score (nSPS) is 14.8. The van der Waals surface area contributed by atoms with E-state index in [-0.39, 0.29) is 11.6 Å². The highest BCUT2D eigenvalue weighted by atomic mass is 32.2. The molecule has 0 bridgehead atoms. The Bertz CT molecular complexity index is 583. The SMILES string of the molecule is CSCCC(CCCCC(=O)C(=O)c1cccc2c1CCCC2)SC. The van der Waals surface area contributed by atoms with Crippen LogP contribution < -0.4 is 0 Å². The van der Waals surface area contributed by atoms with Crippen LogP contribution in [-0.2, 0) is 17.6 Å². The average Bonchev–Trinajstić information content (AvgIpc) is 2.66. The number of fused-ring (bicyclic) bond motifs is 1. The number of hydrogen-bond acceptors (Lipinski definition) is 4. The molecule has 0 N–H and O–H groups in total. The molecule has 4 heteroatoms. The van der Waals surface area contributed by atoms with Gasteiger partial charge in [0.15, 0.2) is 0 Å². The fourth-order valence-corrected chi connectivity index (χ4v) is 4.97. The monoisotopic (exact) mass is 378 g/mol. The van der Waals surface area contributed by atoms with Gasteiger partial charge in [0.05, 0.1) is 0 Å². The van der Waals surface area contributed by atoms with E-state index in [1.807, 2.05) is 35.7 Å². The Kier molecular flexibility index (Phi) is 9.11. The zero-order valence-corrected chi connectivity index (χ0v) is 17.1. The van der Waals surface area contributed by atoms with Gasteiger partial charge in [-0.3, -0.25) is 9.59 Å². The number of aryl methyl sites for hydroxylation is 1. The molecule has 25 heavy (non-hydrogen) atoms. The third-order valence-corrected chi connectivity index (χ3v) is 6.83. The van der Waals surface area contributed by atoms with Crippen LogP contribution in [0.15, 0.2) is 18.2 Å². The molecular weight excluding hydrogens is 348 g/mol. The van der Waals surface area contributed by atoms with Crippen molar-refractivity contribution in [2.75, 3.05) is 18.3 Å². The maximum Gasteiger partial charge on any atom is 0.228 e. The number of benzene rings is 1. The average molecular weight is 379 g/mol. The van der Waals surface area contributed by atoms with Gasteiger partial charge in [0.2, 0.25) is 11.6 Å². The molecule has 0 fully saturated rings. The Hall–Kier alpha value is -0.740. The highest BCUT2D eigenvalue weighted by Crippen LogP contribution is 2.25. The smallest absolute Gasteiger partial charge is 0.228 e. The maximum atomic E-state index is 12.6. The molecule has 0 aliphatic heterocycles. The maximum absolute atomic E-state index is 12.6. The summed E-state index contributed by atoms with van der Waals surface area (Å²) in [5.74, 6) is 0.730. The molecular formula is C21H30O2S2. The second-order valence-corrected chi connectivity index (χ2v) is 8.91. The van der Waals surface area contributed by atoms with Crippen LogP contribution in [0.3, 0.4) is 0 Å². The number of unbranched alkanes of at least 4 members (excludes halogenated alkanes) is 1. The van der Waals surface area contributed by atoms with Crippen LogP contribution in [0.5, 0.6) is 0 Å². The summed E-state index contributed by atoms with van der Waals surface area (Å²) in [6.07, 6.45) is 13.2. The molecule has 0 heterocycles. The quantitative estimate of drug-likeness (QED) is 0.295. The van der Waals surface area contributed by atoms with Gasteiger partial charge in [0.25, 0.3) is 0 Å². The first kappa shape index (κ1) is 20.6. The summed E-state index contributed by atoms with van der Waals surface area (Å²) < 4.78 is 0. The lowest BCUT2D eigenvalue weighted by molar-refractivity contribution is -0.115. The van der Waals surface area contributed by atoms with E-state index in [1.165, 1.54) is 24.2 Å². The zero-order valence-electron chi connectivity index (χ0n) is 15.5. The van der Waals surface area contributed by atoms with Gasteiger partial charge in [0.1, 0.15) is 0 Å². The van der Waals surface area contributed by atoms with E-state index in [0.717, 1.165) is 44.1 Å². The third-order valence-electron chi connectivity index (χ3n) is 5.05. The summed E-state index contributed by atoms with van der Waals surface area (Å²) in [5, 5.41) is 0.680. The molecule has 0 radical (unpaired) electrons. The lowest BCUT2D eigenvalue weighted by Crippen LogP contribution is -2.18. The number of carbonyl (C=O) groups is 2. The summed E-state index contributed by atoms with van der Waals surface area (Å²) >= 11 is 3.81. The molecule has 0 aromatic heterocycles. The van der Waals surface area contributed by atoms with Crippen LogP contribution in [-0.4, -0.2) is 35.1 Å². The fraction of sp³-hybridized carbons (Fsp3) is 0.619. The minimum Gasteiger partial charge on any atom is -0.290 e. The van der Waals surface area contributed by atoms with Crippen molar-refractivity contribution in [2.45, 2.75) is 63.0 Å². The van der Waals surface area contributed by atoms with Gasteiger partial charge in [-0.15, -0.1) is 0 Å². The number of Topliss-reactive ketones (excluding diaryl/α,β-unsaturated/α-hetero) is 2. The molecule has 2 nitrogen and oxygen atoms in total. The lowest BCUT2D eigenvalue weighted by atomic mass is 9.86. The van der Waals surface area contributed by atoms with Crippen molar-refractivity contribution < 1.29 is 9.59 Å². The summed E-state index contributed by atoms with van der Waals surface area (Å²) in [6, 6.07) is 5.88. The van der Waals surface area contributed by atoms with Crippen LogP contribution in [0, 0.1) is 0 Å². The number of rotatable bonds is 11. The van der Waals surface area contributed by atoms with Gasteiger partial charge in [-0.25, -0.2) is 0 Å². The van der Waals surface area contributed by atoms with Crippen molar-refractivity contribution in [3.05, 3.63) is 34.9 Å². The molecule has 0 saturated heterocycles. The predicted octanol–water partition coefficient (Wildman–Crippen LogP) is 5.36. The Balaban J connectivity index is 1.82. The van der Waals surface area contributed by atoms with E-state index >= 15 is 0 Å². The number of carbonyl (C=O) groups excluding carboxylic acids is 2. The van der Waals surface area contributed by atoms with E-state index in [0.29, 0.717) is 17.2 Å². The van der Waals surface area contributed by atoms with Gasteiger partial charge in [-0.2, -0.15) is 23.5 Å². The van der Waals surface area contributed by atoms with E-state index in [9.17, 15) is 9.59 Å². The van der Waals surface area contributed by atoms with E-state index in [4.69, 9.17) is 0 Å². The molecule has 1 aliphatic carbocycles. The minimum atomic E-state index is -0.262. The third kappa shape index (κ3) is 6.18. The molecule has 0 amide bonds. The molecule has 0 saturated carbocycles. The van der Waals surface area contributed by atoms with Crippen molar-refractivity contribution in [3.8, 4) is 0 Å². The predicted molar refractivity (Wildman–Crippen MR) is 111 cm³/mol. The molecule has 1 aliphatic rings. The van der Waals surface area contributed by atoms with Gasteiger partial charge in [0, 0.05) is 17.2 Å². The van der Waals surface area contributed by atoms with Gasteiger partial charge < -0.3 is 0 Å². The van der Waals surface area contributed by atoms with Crippen LogP contribution in [0.4, 0.5) is 0 Å². The summed E-state index contributed by atoms with van der Waals surface area (Å²) in [5.41, 5.74) is 3.07. The Morgan fingerprint density at radius 3 is 2.64 bits per heavy atom. The van der Waals surface area contributed by atoms with Gasteiger partial charge in [-0.1, -0.05) is 24.6 Å². The van der Waals surface area contributed by atoms with Crippen LogP contribution in [0.1, 0.15) is 66.4 Å². The Labute approximate surface area is 160 Å². The first-order valence-electron chi connectivity index (χ1n) is 9.37. The number of thioether (sulfide) groups is 2. The highest BCUT2D eigenvalue weighted by Gasteiger charge is 2.22. The Morgan fingerprint density at radius 1 is 1.08 bits per heavy atom. The minimum absolute atomic E-state index is 0.205. The van der Waals surface area contributed by atoms with Crippen LogP contribution in [0.25, 0.3) is 0 Å². The summed E-state index contributed by atoms with van der Waals surface area (Å²) in [6.45, 7) is 0. The number of ketones is 2. The van der Waals surface area contributed by atoms with Crippen LogP contribution in [0.2, 0.25) is 0 Å². The molecule has 1 unspecified atom stereocenters.